The van der Waals surface area contributed by atoms with E-state index in [1.165, 1.54) is 0 Å². The van der Waals surface area contributed by atoms with Gasteiger partial charge in [-0.05, 0) is 50.2 Å². The number of rotatable bonds is 4. The number of aromatic nitrogens is 1. The molecule has 0 spiro atoms. The average molecular weight is 342 g/mol. The molecule has 1 aliphatic rings. The van der Waals surface area contributed by atoms with Gasteiger partial charge in [0.05, 0.1) is 10.4 Å². The van der Waals surface area contributed by atoms with E-state index in [2.05, 4.69) is 10.3 Å². The van der Waals surface area contributed by atoms with E-state index in [-0.39, 0.29) is 12.4 Å². The monoisotopic (exact) mass is 341 g/mol. The summed E-state index contributed by atoms with van der Waals surface area (Å²) in [5, 5.41) is 3.81. The Hall–Kier alpha value is -1.21. The number of hydrogen-bond acceptors (Lipinski definition) is 4. The molecule has 0 amide bonds. The molecule has 0 radical (unpaired) electrons. The molecule has 0 bridgehead atoms. The Balaban J connectivity index is 0.00000176. The van der Waals surface area contributed by atoms with E-state index >= 15 is 0 Å². The van der Waals surface area contributed by atoms with Crippen molar-refractivity contribution in [1.29, 1.82) is 0 Å². The molecule has 2 heterocycles. The first-order chi connectivity index (χ1) is 10.1. The fourth-order valence-electron chi connectivity index (χ4n) is 2.91. The quantitative estimate of drug-likeness (QED) is 0.922. The van der Waals surface area contributed by atoms with Crippen molar-refractivity contribution in [2.24, 2.45) is 5.92 Å². The van der Waals surface area contributed by atoms with Gasteiger partial charge in [0.1, 0.15) is 0 Å². The summed E-state index contributed by atoms with van der Waals surface area (Å²) in [5.74, 6) is 0.387. The lowest BCUT2D eigenvalue weighted by atomic mass is 10.1. The van der Waals surface area contributed by atoms with E-state index in [1.807, 2.05) is 19.2 Å². The third-order valence-corrected chi connectivity index (χ3v) is 5.89. The number of fused-ring (bicyclic) bond motifs is 1. The number of nitrogens with zero attached hydrogens (tertiary/aromatic N) is 2. The van der Waals surface area contributed by atoms with Crippen molar-refractivity contribution >= 4 is 33.3 Å². The third kappa shape index (κ3) is 3.10. The molecule has 2 aromatic rings. The van der Waals surface area contributed by atoms with Crippen LogP contribution in [0.2, 0.25) is 0 Å². The van der Waals surface area contributed by atoms with Gasteiger partial charge in [0.25, 0.3) is 0 Å². The number of sulfonamides is 1. The number of pyridine rings is 1. The van der Waals surface area contributed by atoms with Gasteiger partial charge in [-0.2, -0.15) is 4.31 Å². The van der Waals surface area contributed by atoms with Crippen molar-refractivity contribution in [2.45, 2.75) is 11.3 Å². The van der Waals surface area contributed by atoms with Crippen LogP contribution in [-0.2, 0) is 10.0 Å². The lowest BCUT2D eigenvalue weighted by Crippen LogP contribution is -2.30. The second-order valence-corrected chi connectivity index (χ2v) is 7.31. The molecule has 3 rings (SSSR count). The lowest BCUT2D eigenvalue weighted by molar-refractivity contribution is 0.451. The highest BCUT2D eigenvalue weighted by molar-refractivity contribution is 7.89. The minimum atomic E-state index is -3.45. The second kappa shape index (κ2) is 6.91. The molecule has 1 aromatic carbocycles. The molecule has 0 aliphatic carbocycles. The van der Waals surface area contributed by atoms with Crippen molar-refractivity contribution in [3.8, 4) is 0 Å². The number of hydrogen-bond donors (Lipinski definition) is 1. The highest BCUT2D eigenvalue weighted by Crippen LogP contribution is 2.28. The Kier molecular flexibility index (Phi) is 5.39. The summed E-state index contributed by atoms with van der Waals surface area (Å²) in [6.07, 6.45) is 2.58. The SMILES string of the molecule is CNCC1CCN(S(=O)(=O)c2cccc3ncccc23)C1.Cl. The van der Waals surface area contributed by atoms with Gasteiger partial charge in [0, 0.05) is 24.7 Å². The van der Waals surface area contributed by atoms with Gasteiger partial charge in [0.15, 0.2) is 0 Å². The molecule has 22 heavy (non-hydrogen) atoms. The van der Waals surface area contributed by atoms with Crippen LogP contribution in [-0.4, -0.2) is 44.4 Å². The van der Waals surface area contributed by atoms with Crippen molar-refractivity contribution in [3.05, 3.63) is 36.5 Å². The fraction of sp³-hybridized carbons (Fsp3) is 0.400. The van der Waals surface area contributed by atoms with Crippen LogP contribution < -0.4 is 5.32 Å². The van der Waals surface area contributed by atoms with Gasteiger partial charge >= 0.3 is 0 Å². The molecule has 0 saturated carbocycles. The van der Waals surface area contributed by atoms with Crippen LogP contribution in [0.15, 0.2) is 41.4 Å². The van der Waals surface area contributed by atoms with Crippen molar-refractivity contribution in [3.63, 3.8) is 0 Å². The average Bonchev–Trinajstić information content (AvgIpc) is 2.96. The van der Waals surface area contributed by atoms with Gasteiger partial charge in [-0.15, -0.1) is 12.4 Å². The molecule has 5 nitrogen and oxygen atoms in total. The van der Waals surface area contributed by atoms with Crippen LogP contribution in [0.5, 0.6) is 0 Å². The van der Waals surface area contributed by atoms with Gasteiger partial charge < -0.3 is 5.32 Å². The predicted octanol–water partition coefficient (Wildman–Crippen LogP) is 1.89. The first kappa shape index (κ1) is 17.1. The Labute approximate surface area is 137 Å². The standard InChI is InChI=1S/C15H19N3O2S.ClH/c1-16-10-12-7-9-18(11-12)21(19,20)15-6-2-5-14-13(15)4-3-8-17-14;/h2-6,8,12,16H,7,9-11H2,1H3;1H. The summed E-state index contributed by atoms with van der Waals surface area (Å²) in [7, 11) is -1.55. The Bertz CT molecular complexity index is 746. The summed E-state index contributed by atoms with van der Waals surface area (Å²) in [6, 6.07) is 8.85. The van der Waals surface area contributed by atoms with E-state index < -0.39 is 10.0 Å². The molecular weight excluding hydrogens is 322 g/mol. The minimum Gasteiger partial charge on any atom is -0.319 e. The number of halogens is 1. The van der Waals surface area contributed by atoms with Crippen LogP contribution in [0.1, 0.15) is 6.42 Å². The molecule has 1 saturated heterocycles. The molecule has 1 unspecified atom stereocenters. The summed E-state index contributed by atoms with van der Waals surface area (Å²) < 4.78 is 27.3. The molecule has 1 aliphatic heterocycles. The molecule has 1 aromatic heterocycles. The van der Waals surface area contributed by atoms with E-state index in [9.17, 15) is 8.42 Å². The predicted molar refractivity (Wildman–Crippen MR) is 89.8 cm³/mol. The molecular formula is C15H20ClN3O2S. The Morgan fingerprint density at radius 2 is 2.14 bits per heavy atom. The van der Waals surface area contributed by atoms with Crippen LogP contribution in [0, 0.1) is 5.92 Å². The smallest absolute Gasteiger partial charge is 0.243 e. The zero-order valence-corrected chi connectivity index (χ0v) is 14.0. The molecule has 1 N–H and O–H groups in total. The maximum absolute atomic E-state index is 12.9. The van der Waals surface area contributed by atoms with Gasteiger partial charge in [-0.25, -0.2) is 8.42 Å². The zero-order valence-electron chi connectivity index (χ0n) is 12.4. The van der Waals surface area contributed by atoms with Gasteiger partial charge in [-0.1, -0.05) is 6.07 Å². The first-order valence-electron chi connectivity index (χ1n) is 7.11. The number of nitrogens with one attached hydrogen (secondary N) is 1. The maximum atomic E-state index is 12.9. The van der Waals surface area contributed by atoms with E-state index in [0.717, 1.165) is 13.0 Å². The normalized spacial score (nSPS) is 19.2. The van der Waals surface area contributed by atoms with E-state index in [4.69, 9.17) is 0 Å². The van der Waals surface area contributed by atoms with Crippen molar-refractivity contribution < 1.29 is 8.42 Å². The third-order valence-electron chi connectivity index (χ3n) is 3.96. The Morgan fingerprint density at radius 1 is 1.32 bits per heavy atom. The Morgan fingerprint density at radius 3 is 2.91 bits per heavy atom. The molecule has 1 atom stereocenters. The van der Waals surface area contributed by atoms with Crippen molar-refractivity contribution in [1.82, 2.24) is 14.6 Å². The number of benzene rings is 1. The van der Waals surface area contributed by atoms with Crippen LogP contribution in [0.4, 0.5) is 0 Å². The molecule has 7 heteroatoms. The summed E-state index contributed by atoms with van der Waals surface area (Å²) in [4.78, 5) is 4.59. The van der Waals surface area contributed by atoms with E-state index in [1.54, 1.807) is 28.7 Å². The van der Waals surface area contributed by atoms with Gasteiger partial charge in [0.2, 0.25) is 10.0 Å². The zero-order chi connectivity index (χ0) is 14.9. The topological polar surface area (TPSA) is 62.3 Å². The lowest BCUT2D eigenvalue weighted by Gasteiger charge is -2.17. The highest BCUT2D eigenvalue weighted by atomic mass is 35.5. The second-order valence-electron chi connectivity index (χ2n) is 5.40. The maximum Gasteiger partial charge on any atom is 0.243 e. The van der Waals surface area contributed by atoms with Crippen LogP contribution in [0.25, 0.3) is 10.9 Å². The van der Waals surface area contributed by atoms with Crippen molar-refractivity contribution in [2.75, 3.05) is 26.7 Å². The molecule has 1 fully saturated rings. The summed E-state index contributed by atoms with van der Waals surface area (Å²) in [5.41, 5.74) is 0.713. The summed E-state index contributed by atoms with van der Waals surface area (Å²) in [6.45, 7) is 2.02. The fourth-order valence-corrected chi connectivity index (χ4v) is 4.64. The van der Waals surface area contributed by atoms with Crippen LogP contribution in [0.3, 0.4) is 0 Å². The first-order valence-corrected chi connectivity index (χ1v) is 8.55. The largest absolute Gasteiger partial charge is 0.319 e. The van der Waals surface area contributed by atoms with E-state index in [0.29, 0.717) is 34.8 Å². The minimum absolute atomic E-state index is 0. The highest BCUT2D eigenvalue weighted by Gasteiger charge is 2.33. The van der Waals surface area contributed by atoms with Crippen LogP contribution >= 0.6 is 12.4 Å². The summed E-state index contributed by atoms with van der Waals surface area (Å²) >= 11 is 0. The van der Waals surface area contributed by atoms with Gasteiger partial charge in [-0.3, -0.25) is 4.98 Å². The molecule has 120 valence electrons.